The van der Waals surface area contributed by atoms with Crippen molar-refractivity contribution in [2.75, 3.05) is 18.4 Å². The number of carbonyl (C=O) groups excluding carboxylic acids is 2. The Morgan fingerprint density at radius 3 is 2.44 bits per heavy atom. The van der Waals surface area contributed by atoms with Gasteiger partial charge in [0.1, 0.15) is 13.0 Å². The molecule has 0 bridgehead atoms. The highest BCUT2D eigenvalue weighted by atomic mass is 32.2. The van der Waals surface area contributed by atoms with Crippen LogP contribution in [0.15, 0.2) is 0 Å². The number of aldehydes is 1. The Morgan fingerprint density at radius 1 is 1.50 bits per heavy atom. The fourth-order valence-corrected chi connectivity index (χ4v) is 1.21. The Balaban J connectivity index is -0.000000845. The van der Waals surface area contributed by atoms with E-state index in [1.807, 2.05) is 6.92 Å². The zero-order valence-electron chi connectivity index (χ0n) is 8.86. The monoisotopic (exact) mass is 251 g/mol. The Labute approximate surface area is 104 Å². The van der Waals surface area contributed by atoms with Gasteiger partial charge in [-0.25, -0.2) is 0 Å². The van der Waals surface area contributed by atoms with Crippen LogP contribution in [-0.4, -0.2) is 41.6 Å². The minimum atomic E-state index is -0.417. The van der Waals surface area contributed by atoms with E-state index in [1.54, 1.807) is 18.7 Å². The van der Waals surface area contributed by atoms with Gasteiger partial charge in [0.05, 0.1) is 12.0 Å². The van der Waals surface area contributed by atoms with Crippen molar-refractivity contribution in [3.05, 3.63) is 0 Å². The zero-order valence-corrected chi connectivity index (χ0v) is 9.67. The van der Waals surface area contributed by atoms with E-state index in [9.17, 15) is 9.59 Å². The van der Waals surface area contributed by atoms with E-state index in [0.29, 0.717) is 5.94 Å². The van der Waals surface area contributed by atoms with Crippen LogP contribution in [0.1, 0.15) is 35.6 Å². The van der Waals surface area contributed by atoms with Gasteiger partial charge in [0.2, 0.25) is 5.91 Å². The Kier molecular flexibility index (Phi) is 16.3. The molecule has 1 atom stereocenters. The van der Waals surface area contributed by atoms with E-state index in [-0.39, 0.29) is 27.5 Å². The van der Waals surface area contributed by atoms with Crippen molar-refractivity contribution in [3.63, 3.8) is 0 Å². The second kappa shape index (κ2) is 12.5. The predicted molar refractivity (Wildman–Crippen MR) is 70.5 cm³/mol. The number of ether oxygens (including phenoxy) is 1. The third-order valence-electron chi connectivity index (χ3n) is 1.69. The number of hydrogen-bond donors (Lipinski definition) is 0. The van der Waals surface area contributed by atoms with Crippen LogP contribution in [0.25, 0.3) is 0 Å². The molecule has 1 amide bonds. The third-order valence-corrected chi connectivity index (χ3v) is 2.44. The Hall–Kier alpha value is -0.550. The summed E-state index contributed by atoms with van der Waals surface area (Å²) in [5, 5.41) is 0. The first kappa shape index (κ1) is 20.8. The highest BCUT2D eigenvalue weighted by Gasteiger charge is 2.15. The molecule has 0 heterocycles. The smallest absolute Gasteiger partial charge is 0.221 e. The fraction of sp³-hybridized carbons (Fsp3) is 0.818. The molecule has 5 heteroatoms. The van der Waals surface area contributed by atoms with E-state index in [4.69, 9.17) is 4.74 Å². The van der Waals surface area contributed by atoms with Crippen LogP contribution in [-0.2, 0) is 14.3 Å². The summed E-state index contributed by atoms with van der Waals surface area (Å²) in [4.78, 5) is 23.0. The maximum atomic E-state index is 11.1. The number of amides is 1. The number of rotatable bonds is 7. The zero-order chi connectivity index (χ0) is 11.0. The summed E-state index contributed by atoms with van der Waals surface area (Å²) in [6.45, 7) is 5.31. The lowest BCUT2D eigenvalue weighted by Crippen LogP contribution is -2.39. The summed E-state index contributed by atoms with van der Waals surface area (Å²) >= 11 is 1.63. The molecule has 0 aliphatic rings. The van der Waals surface area contributed by atoms with Gasteiger partial charge in [0, 0.05) is 6.92 Å². The largest absolute Gasteiger partial charge is 0.350 e. The first-order chi connectivity index (χ1) is 6.63. The lowest BCUT2D eigenvalue weighted by atomic mass is 10.3. The van der Waals surface area contributed by atoms with Crippen molar-refractivity contribution >= 4 is 24.0 Å². The second-order valence-corrected chi connectivity index (χ2v) is 4.03. The molecule has 0 aliphatic carbocycles. The van der Waals surface area contributed by atoms with Crippen LogP contribution in [0.3, 0.4) is 0 Å². The maximum Gasteiger partial charge on any atom is 0.221 e. The Bertz CT molecular complexity index is 188. The average Bonchev–Trinajstić information content (AvgIpc) is 2.16. The van der Waals surface area contributed by atoms with E-state index >= 15 is 0 Å². The van der Waals surface area contributed by atoms with E-state index in [1.165, 1.54) is 11.8 Å². The van der Waals surface area contributed by atoms with Crippen molar-refractivity contribution in [1.29, 1.82) is 0 Å². The van der Waals surface area contributed by atoms with Gasteiger partial charge in [-0.3, -0.25) is 4.79 Å². The normalized spacial score (nSPS) is 10.7. The lowest BCUT2D eigenvalue weighted by molar-refractivity contribution is -0.139. The molecule has 1 unspecified atom stereocenters. The summed E-state index contributed by atoms with van der Waals surface area (Å²) in [5.74, 6) is 1.38. The first-order valence-corrected chi connectivity index (χ1v) is 5.67. The van der Waals surface area contributed by atoms with Gasteiger partial charge in [0.15, 0.2) is 0 Å². The highest BCUT2D eigenvalue weighted by Crippen LogP contribution is 2.02. The van der Waals surface area contributed by atoms with Crippen LogP contribution in [0.4, 0.5) is 0 Å². The molecule has 4 nitrogen and oxygen atoms in total. The highest BCUT2D eigenvalue weighted by molar-refractivity contribution is 7.99. The summed E-state index contributed by atoms with van der Waals surface area (Å²) in [6.07, 6.45) is 0.734. The quantitative estimate of drug-likeness (QED) is 0.396. The van der Waals surface area contributed by atoms with Crippen molar-refractivity contribution in [2.24, 2.45) is 0 Å². The van der Waals surface area contributed by atoms with Crippen molar-refractivity contribution in [2.45, 2.75) is 41.7 Å². The van der Waals surface area contributed by atoms with Gasteiger partial charge in [-0.05, 0) is 12.7 Å². The number of thioether (sulfide) groups is 1. The number of hydrogen-bond acceptors (Lipinski definition) is 4. The van der Waals surface area contributed by atoms with E-state index in [0.717, 1.165) is 12.0 Å². The topological polar surface area (TPSA) is 46.6 Å². The third kappa shape index (κ3) is 8.73. The molecule has 0 N–H and O–H groups in total. The van der Waals surface area contributed by atoms with Crippen LogP contribution in [0, 0.1) is 0 Å². The summed E-state index contributed by atoms with van der Waals surface area (Å²) < 4.78 is 5.23. The molecule has 0 aromatic heterocycles. The minimum Gasteiger partial charge on any atom is -0.350 e. The van der Waals surface area contributed by atoms with Crippen LogP contribution in [0.5, 0.6) is 0 Å². The van der Waals surface area contributed by atoms with Crippen molar-refractivity contribution in [3.8, 4) is 0 Å². The lowest BCUT2D eigenvalue weighted by Gasteiger charge is -2.23. The average molecular weight is 251 g/mol. The summed E-state index contributed by atoms with van der Waals surface area (Å²) in [5.41, 5.74) is 0. The van der Waals surface area contributed by atoms with E-state index < -0.39 is 6.04 Å². The first-order valence-electron chi connectivity index (χ1n) is 4.51. The molecule has 16 heavy (non-hydrogen) atoms. The molecule has 0 rings (SSSR count). The Morgan fingerprint density at radius 2 is 2.06 bits per heavy atom. The molecule has 0 spiro atoms. The van der Waals surface area contributed by atoms with Gasteiger partial charge in [-0.1, -0.05) is 21.8 Å². The molecule has 0 aromatic carbocycles. The number of nitrogens with zero attached hydrogens (tertiary/aromatic N) is 1. The predicted octanol–water partition coefficient (Wildman–Crippen LogP) is 2.38. The molecule has 0 radical (unpaired) electrons. The van der Waals surface area contributed by atoms with Gasteiger partial charge < -0.3 is 14.4 Å². The van der Waals surface area contributed by atoms with Crippen LogP contribution in [0.2, 0.25) is 0 Å². The molecule has 0 saturated carbocycles. The standard InChI is InChI=1S/C9H17NO3S.2CH4/c1-4-14-7-13-6-10(9(3)12)8(2)5-11;;/h5,8H,4,6-7H2,1-3H3;2*1H4. The SMILES string of the molecule is C.C.CCSCOCN(C(C)=O)C(C)C=O. The molecule has 0 aromatic rings. The molecular formula is C11H25NO3S. The molecule has 0 fully saturated rings. The minimum absolute atomic E-state index is 0. The fourth-order valence-electron chi connectivity index (χ4n) is 0.847. The molecule has 0 saturated heterocycles. The molecular weight excluding hydrogens is 226 g/mol. The molecule has 98 valence electrons. The van der Waals surface area contributed by atoms with Gasteiger partial charge in [-0.2, -0.15) is 0 Å². The molecule has 0 aliphatic heterocycles. The van der Waals surface area contributed by atoms with E-state index in [2.05, 4.69) is 0 Å². The van der Waals surface area contributed by atoms with Crippen LogP contribution < -0.4 is 0 Å². The van der Waals surface area contributed by atoms with Gasteiger partial charge in [-0.15, -0.1) is 11.8 Å². The van der Waals surface area contributed by atoms with Gasteiger partial charge in [0.25, 0.3) is 0 Å². The van der Waals surface area contributed by atoms with Crippen molar-refractivity contribution < 1.29 is 14.3 Å². The van der Waals surface area contributed by atoms with Crippen LogP contribution >= 0.6 is 11.8 Å². The number of carbonyl (C=O) groups is 2. The van der Waals surface area contributed by atoms with Gasteiger partial charge >= 0.3 is 0 Å². The second-order valence-electron chi connectivity index (χ2n) is 2.81. The summed E-state index contributed by atoms with van der Waals surface area (Å²) in [7, 11) is 0. The van der Waals surface area contributed by atoms with Crippen molar-refractivity contribution in [1.82, 2.24) is 4.90 Å². The maximum absolute atomic E-state index is 11.1. The summed E-state index contributed by atoms with van der Waals surface area (Å²) in [6, 6.07) is -0.417.